The molecule has 0 saturated carbocycles. The molecule has 0 radical (unpaired) electrons. The predicted octanol–water partition coefficient (Wildman–Crippen LogP) is 4.12. The van der Waals surface area contributed by atoms with E-state index in [1.165, 1.54) is 0 Å². The van der Waals surface area contributed by atoms with Crippen LogP contribution in [0.4, 0.5) is 17.6 Å². The van der Waals surface area contributed by atoms with Crippen molar-refractivity contribution >= 4 is 35.6 Å². The molecule has 1 aromatic carbocycles. The lowest BCUT2D eigenvalue weighted by molar-refractivity contribution is -0.149. The smallest absolute Gasteiger partial charge is 0.316 e. The minimum Gasteiger partial charge on any atom is -0.316 e. The van der Waals surface area contributed by atoms with Crippen molar-refractivity contribution in [3.63, 3.8) is 0 Å². The Balaban J connectivity index is 0.00000225. The maximum absolute atomic E-state index is 13.2. The number of alkyl halides is 3. The van der Waals surface area contributed by atoms with E-state index in [1.54, 1.807) is 0 Å². The van der Waals surface area contributed by atoms with E-state index in [1.807, 2.05) is 0 Å². The van der Waals surface area contributed by atoms with E-state index in [2.05, 4.69) is 0 Å². The summed E-state index contributed by atoms with van der Waals surface area (Å²) in [4.78, 5) is 0. The Morgan fingerprint density at radius 3 is 2.00 bits per heavy atom. The van der Waals surface area contributed by atoms with Gasteiger partial charge in [0.05, 0.1) is 5.02 Å². The number of nitrogens with two attached hydrogens (primary N) is 1. The highest BCUT2D eigenvalue weighted by atomic mass is 35.5. The minimum atomic E-state index is -4.77. The fraction of sp³-hybridized carbons (Fsp3) is 0.250. The van der Waals surface area contributed by atoms with E-state index in [0.717, 1.165) is 12.1 Å². The maximum Gasteiger partial charge on any atom is 0.407 e. The molecule has 16 heavy (non-hydrogen) atoms. The Morgan fingerprint density at radius 2 is 1.56 bits per heavy atom. The minimum absolute atomic E-state index is 0. The summed E-state index contributed by atoms with van der Waals surface area (Å²) in [7, 11) is 0. The summed E-state index contributed by atoms with van der Waals surface area (Å²) in [6.45, 7) is 0. The molecule has 0 heterocycles. The largest absolute Gasteiger partial charge is 0.407 e. The fourth-order valence-electron chi connectivity index (χ4n) is 0.992. The highest BCUT2D eigenvalue weighted by Crippen LogP contribution is 2.37. The zero-order valence-corrected chi connectivity index (χ0v) is 9.81. The second-order valence-electron chi connectivity index (χ2n) is 2.78. The summed E-state index contributed by atoms with van der Waals surface area (Å²) in [6.07, 6.45) is -4.77. The van der Waals surface area contributed by atoms with Gasteiger partial charge in [0.15, 0.2) is 0 Å². The second-order valence-corrected chi connectivity index (χ2v) is 3.59. The van der Waals surface area contributed by atoms with Gasteiger partial charge < -0.3 is 5.73 Å². The SMILES string of the molecule is Cl.N[C@@H](c1c(Cl)ccc(Cl)c1F)C(F)(F)F. The third-order valence-electron chi connectivity index (χ3n) is 1.74. The Labute approximate surface area is 105 Å². The third-order valence-corrected chi connectivity index (χ3v) is 2.36. The van der Waals surface area contributed by atoms with Crippen LogP contribution in [0.2, 0.25) is 10.0 Å². The molecule has 1 rings (SSSR count). The average Bonchev–Trinajstić information content (AvgIpc) is 2.10. The summed E-state index contributed by atoms with van der Waals surface area (Å²) in [5, 5.41) is -0.851. The Hall–Kier alpha value is -0.230. The van der Waals surface area contributed by atoms with Crippen LogP contribution in [0.3, 0.4) is 0 Å². The molecule has 0 aliphatic carbocycles. The van der Waals surface area contributed by atoms with Crippen molar-refractivity contribution in [2.45, 2.75) is 12.2 Å². The lowest BCUT2D eigenvalue weighted by atomic mass is 10.1. The lowest BCUT2D eigenvalue weighted by Gasteiger charge is -2.18. The van der Waals surface area contributed by atoms with Crippen LogP contribution in [0, 0.1) is 5.82 Å². The van der Waals surface area contributed by atoms with Crippen molar-refractivity contribution in [2.75, 3.05) is 0 Å². The molecule has 1 aromatic rings. The number of hydrogen-bond donors (Lipinski definition) is 1. The van der Waals surface area contributed by atoms with E-state index < -0.39 is 33.6 Å². The van der Waals surface area contributed by atoms with Gasteiger partial charge in [0.25, 0.3) is 0 Å². The van der Waals surface area contributed by atoms with Crippen LogP contribution >= 0.6 is 35.6 Å². The summed E-state index contributed by atoms with van der Waals surface area (Å²) in [5.41, 5.74) is 4.00. The van der Waals surface area contributed by atoms with Gasteiger partial charge in [-0.3, -0.25) is 0 Å². The van der Waals surface area contributed by atoms with Crippen LogP contribution in [0.1, 0.15) is 11.6 Å². The molecule has 0 aliphatic heterocycles. The first-order chi connectivity index (χ1) is 6.75. The van der Waals surface area contributed by atoms with Gasteiger partial charge in [-0.2, -0.15) is 13.2 Å². The highest BCUT2D eigenvalue weighted by Gasteiger charge is 2.40. The van der Waals surface area contributed by atoms with Gasteiger partial charge in [0, 0.05) is 10.6 Å². The molecule has 1 nitrogen and oxygen atoms in total. The van der Waals surface area contributed by atoms with Gasteiger partial charge in [-0.1, -0.05) is 23.2 Å². The topological polar surface area (TPSA) is 26.0 Å². The molecule has 92 valence electrons. The molecule has 0 bridgehead atoms. The van der Waals surface area contributed by atoms with Crippen molar-refractivity contribution < 1.29 is 17.6 Å². The second kappa shape index (κ2) is 5.40. The first kappa shape index (κ1) is 15.8. The molecule has 0 spiro atoms. The van der Waals surface area contributed by atoms with Crippen LogP contribution in [0.15, 0.2) is 12.1 Å². The van der Waals surface area contributed by atoms with Crippen molar-refractivity contribution in [3.8, 4) is 0 Å². The maximum atomic E-state index is 13.2. The molecule has 2 N–H and O–H groups in total. The fourth-order valence-corrected chi connectivity index (χ4v) is 1.42. The Kier molecular flexibility index (Phi) is 5.32. The Morgan fingerprint density at radius 1 is 1.12 bits per heavy atom. The quantitative estimate of drug-likeness (QED) is 0.612. The average molecular weight is 298 g/mol. The molecule has 1 atom stereocenters. The lowest BCUT2D eigenvalue weighted by Crippen LogP contribution is -2.29. The predicted molar refractivity (Wildman–Crippen MR) is 56.7 cm³/mol. The summed E-state index contributed by atoms with van der Waals surface area (Å²) < 4.78 is 49.9. The standard InChI is InChI=1S/C8H5Cl2F4N.ClH/c9-3-1-2-4(10)6(11)5(3)7(15)8(12,13)14;/h1-2,7H,15H2;1H/t7-;/m0./s1. The van der Waals surface area contributed by atoms with Gasteiger partial charge in [-0.05, 0) is 12.1 Å². The van der Waals surface area contributed by atoms with Gasteiger partial charge >= 0.3 is 6.18 Å². The molecular weight excluding hydrogens is 292 g/mol. The third kappa shape index (κ3) is 3.13. The van der Waals surface area contributed by atoms with Crippen molar-refractivity contribution in [1.29, 1.82) is 0 Å². The van der Waals surface area contributed by atoms with Gasteiger partial charge in [0.1, 0.15) is 11.9 Å². The summed E-state index contributed by atoms with van der Waals surface area (Å²) >= 11 is 10.7. The van der Waals surface area contributed by atoms with Crippen LogP contribution in [0.5, 0.6) is 0 Å². The van der Waals surface area contributed by atoms with Crippen molar-refractivity contribution in [2.24, 2.45) is 5.73 Å². The van der Waals surface area contributed by atoms with Crippen LogP contribution in [-0.4, -0.2) is 6.18 Å². The molecule has 0 saturated heterocycles. The molecule has 8 heteroatoms. The normalized spacial score (nSPS) is 13.2. The van der Waals surface area contributed by atoms with Crippen LogP contribution < -0.4 is 5.73 Å². The number of halogens is 7. The van der Waals surface area contributed by atoms with Crippen LogP contribution in [0.25, 0.3) is 0 Å². The van der Waals surface area contributed by atoms with E-state index in [0.29, 0.717) is 0 Å². The number of rotatable bonds is 1. The summed E-state index contributed by atoms with van der Waals surface area (Å²) in [6, 6.07) is -0.358. The monoisotopic (exact) mass is 297 g/mol. The molecular formula is C8H6Cl3F4N. The van der Waals surface area contributed by atoms with Gasteiger partial charge in [-0.25, -0.2) is 4.39 Å². The highest BCUT2D eigenvalue weighted by molar-refractivity contribution is 6.33. The number of benzene rings is 1. The first-order valence-electron chi connectivity index (χ1n) is 3.71. The zero-order valence-electron chi connectivity index (χ0n) is 7.49. The summed E-state index contributed by atoms with van der Waals surface area (Å²) in [5.74, 6) is -1.24. The van der Waals surface area contributed by atoms with Crippen molar-refractivity contribution in [3.05, 3.63) is 33.6 Å². The van der Waals surface area contributed by atoms with Crippen molar-refractivity contribution in [1.82, 2.24) is 0 Å². The van der Waals surface area contributed by atoms with E-state index in [4.69, 9.17) is 28.9 Å². The molecule has 0 aromatic heterocycles. The molecule has 0 unspecified atom stereocenters. The van der Waals surface area contributed by atoms with E-state index >= 15 is 0 Å². The first-order valence-corrected chi connectivity index (χ1v) is 4.46. The molecule has 0 fully saturated rings. The molecule has 0 aliphatic rings. The van der Waals surface area contributed by atoms with Gasteiger partial charge in [-0.15, -0.1) is 12.4 Å². The Bertz CT molecular complexity index is 380. The van der Waals surface area contributed by atoms with E-state index in [9.17, 15) is 17.6 Å². The van der Waals surface area contributed by atoms with Crippen LogP contribution in [-0.2, 0) is 0 Å². The number of hydrogen-bond acceptors (Lipinski definition) is 1. The van der Waals surface area contributed by atoms with E-state index in [-0.39, 0.29) is 12.4 Å². The zero-order chi connectivity index (χ0) is 11.8. The molecule has 0 amide bonds. The van der Waals surface area contributed by atoms with Gasteiger partial charge in [0.2, 0.25) is 0 Å².